The van der Waals surface area contributed by atoms with E-state index in [0.29, 0.717) is 26.6 Å². The van der Waals surface area contributed by atoms with E-state index in [4.69, 9.17) is 11.6 Å². The molecule has 2 aromatic rings. The van der Waals surface area contributed by atoms with Crippen LogP contribution >= 0.6 is 27.5 Å². The van der Waals surface area contributed by atoms with Gasteiger partial charge < -0.3 is 10.6 Å². The van der Waals surface area contributed by atoms with Crippen molar-refractivity contribution in [1.82, 2.24) is 4.98 Å². The zero-order valence-corrected chi connectivity index (χ0v) is 13.3. The molecule has 5 nitrogen and oxygen atoms in total. The molecule has 0 aliphatic carbocycles. The van der Waals surface area contributed by atoms with Gasteiger partial charge in [0, 0.05) is 18.8 Å². The van der Waals surface area contributed by atoms with E-state index in [-0.39, 0.29) is 11.8 Å². The zero-order valence-electron chi connectivity index (χ0n) is 11.0. The molecule has 2 N–H and O–H groups in total. The maximum absolute atomic E-state index is 12.0. The predicted molar refractivity (Wildman–Crippen MR) is 85.6 cm³/mol. The van der Waals surface area contributed by atoms with Crippen molar-refractivity contribution in [3.8, 4) is 0 Å². The van der Waals surface area contributed by atoms with Gasteiger partial charge in [0.1, 0.15) is 4.60 Å². The van der Waals surface area contributed by atoms with Crippen LogP contribution in [0.15, 0.2) is 41.1 Å². The fraction of sp³-hybridized carbons (Fsp3) is 0.0714. The van der Waals surface area contributed by atoms with E-state index in [9.17, 15) is 9.59 Å². The minimum absolute atomic E-state index is 0.213. The summed E-state index contributed by atoms with van der Waals surface area (Å²) >= 11 is 9.24. The van der Waals surface area contributed by atoms with Crippen molar-refractivity contribution >= 4 is 50.7 Å². The standard InChI is InChI=1S/C14H11BrClN3O2/c1-8(20)18-12-4-3-10(6-11(12)16)19-14(21)9-2-5-13(15)17-7-9/h2-7H,1H3,(H,18,20)(H,19,21). The third kappa shape index (κ3) is 4.27. The Balaban J connectivity index is 2.12. The molecule has 0 saturated heterocycles. The van der Waals surface area contributed by atoms with Crippen molar-refractivity contribution in [3.63, 3.8) is 0 Å². The van der Waals surface area contributed by atoms with Gasteiger partial charge in [-0.05, 0) is 46.3 Å². The summed E-state index contributed by atoms with van der Waals surface area (Å²) in [5, 5.41) is 5.64. The minimum atomic E-state index is -0.293. The molecule has 2 rings (SSSR count). The Kier molecular flexibility index (Phi) is 4.93. The second-order valence-corrected chi connectivity index (χ2v) is 5.42. The summed E-state index contributed by atoms with van der Waals surface area (Å²) in [6, 6.07) is 8.18. The first-order valence-electron chi connectivity index (χ1n) is 5.96. The molecule has 0 saturated carbocycles. The number of nitrogens with zero attached hydrogens (tertiary/aromatic N) is 1. The molecule has 0 aliphatic rings. The topological polar surface area (TPSA) is 71.1 Å². The molecule has 0 bridgehead atoms. The van der Waals surface area contributed by atoms with E-state index in [1.807, 2.05) is 0 Å². The summed E-state index contributed by atoms with van der Waals surface area (Å²) in [5.41, 5.74) is 1.45. The van der Waals surface area contributed by atoms with Crippen molar-refractivity contribution in [3.05, 3.63) is 51.7 Å². The highest BCUT2D eigenvalue weighted by atomic mass is 79.9. The average molecular weight is 369 g/mol. The molecule has 1 aromatic heterocycles. The van der Waals surface area contributed by atoms with Crippen molar-refractivity contribution in [1.29, 1.82) is 0 Å². The number of pyridine rings is 1. The molecule has 0 unspecified atom stereocenters. The van der Waals surface area contributed by atoms with Gasteiger partial charge in [0.2, 0.25) is 5.91 Å². The van der Waals surface area contributed by atoms with Crippen molar-refractivity contribution in [2.45, 2.75) is 6.92 Å². The summed E-state index contributed by atoms with van der Waals surface area (Å²) in [4.78, 5) is 27.0. The first-order valence-corrected chi connectivity index (χ1v) is 7.13. The van der Waals surface area contributed by atoms with Crippen molar-refractivity contribution in [2.75, 3.05) is 10.6 Å². The number of amides is 2. The molecule has 0 fully saturated rings. The van der Waals surface area contributed by atoms with Crippen LogP contribution in [0.4, 0.5) is 11.4 Å². The van der Waals surface area contributed by atoms with Crippen LogP contribution in [0.5, 0.6) is 0 Å². The largest absolute Gasteiger partial charge is 0.325 e. The molecule has 1 aromatic carbocycles. The number of benzene rings is 1. The van der Waals surface area contributed by atoms with E-state index in [2.05, 4.69) is 31.5 Å². The van der Waals surface area contributed by atoms with Gasteiger partial charge in [0.05, 0.1) is 16.3 Å². The summed E-state index contributed by atoms with van der Waals surface area (Å²) in [7, 11) is 0. The number of carbonyl (C=O) groups excluding carboxylic acids is 2. The number of hydrogen-bond acceptors (Lipinski definition) is 3. The van der Waals surface area contributed by atoms with Gasteiger partial charge in [-0.15, -0.1) is 0 Å². The lowest BCUT2D eigenvalue weighted by molar-refractivity contribution is -0.114. The Hall–Kier alpha value is -1.92. The quantitative estimate of drug-likeness (QED) is 0.811. The number of rotatable bonds is 3. The highest BCUT2D eigenvalue weighted by Gasteiger charge is 2.08. The summed E-state index contributed by atoms with van der Waals surface area (Å²) in [6.45, 7) is 1.40. The van der Waals surface area contributed by atoms with Crippen LogP contribution < -0.4 is 10.6 Å². The molecule has 1 heterocycles. The van der Waals surface area contributed by atoms with E-state index in [0.717, 1.165) is 0 Å². The van der Waals surface area contributed by atoms with Crippen LogP contribution in [-0.4, -0.2) is 16.8 Å². The van der Waals surface area contributed by atoms with E-state index < -0.39 is 0 Å². The molecule has 0 radical (unpaired) electrons. The number of nitrogens with one attached hydrogen (secondary N) is 2. The van der Waals surface area contributed by atoms with Crippen LogP contribution in [0.2, 0.25) is 5.02 Å². The second-order valence-electron chi connectivity index (χ2n) is 4.20. The van der Waals surface area contributed by atoms with E-state index >= 15 is 0 Å². The Morgan fingerprint density at radius 1 is 1.19 bits per heavy atom. The third-order valence-corrected chi connectivity index (χ3v) is 3.31. The maximum atomic E-state index is 12.0. The zero-order chi connectivity index (χ0) is 15.4. The van der Waals surface area contributed by atoms with Gasteiger partial charge in [0.25, 0.3) is 5.91 Å². The van der Waals surface area contributed by atoms with Crippen molar-refractivity contribution in [2.24, 2.45) is 0 Å². The number of carbonyl (C=O) groups is 2. The molecular formula is C14H11BrClN3O2. The summed E-state index contributed by atoms with van der Waals surface area (Å²) in [6.07, 6.45) is 1.46. The van der Waals surface area contributed by atoms with E-state index in [1.165, 1.54) is 13.1 Å². The number of aromatic nitrogens is 1. The predicted octanol–water partition coefficient (Wildman–Crippen LogP) is 3.71. The lowest BCUT2D eigenvalue weighted by Crippen LogP contribution is -2.12. The molecule has 0 aliphatic heterocycles. The molecular weight excluding hydrogens is 358 g/mol. The normalized spacial score (nSPS) is 10.0. The molecule has 0 spiro atoms. The van der Waals surface area contributed by atoms with Gasteiger partial charge in [0.15, 0.2) is 0 Å². The minimum Gasteiger partial charge on any atom is -0.325 e. The van der Waals surface area contributed by atoms with Gasteiger partial charge in [-0.2, -0.15) is 0 Å². The molecule has 2 amide bonds. The second kappa shape index (κ2) is 6.69. The summed E-state index contributed by atoms with van der Waals surface area (Å²) in [5.74, 6) is -0.507. The highest BCUT2D eigenvalue weighted by Crippen LogP contribution is 2.25. The SMILES string of the molecule is CC(=O)Nc1ccc(NC(=O)c2ccc(Br)nc2)cc1Cl. The van der Waals surface area contributed by atoms with Crippen molar-refractivity contribution < 1.29 is 9.59 Å². The van der Waals surface area contributed by atoms with Crippen LogP contribution in [-0.2, 0) is 4.79 Å². The van der Waals surface area contributed by atoms with Gasteiger partial charge in [-0.25, -0.2) is 4.98 Å². The average Bonchev–Trinajstić information content (AvgIpc) is 2.42. The first kappa shape index (κ1) is 15.5. The number of hydrogen-bond donors (Lipinski definition) is 2. The lowest BCUT2D eigenvalue weighted by Gasteiger charge is -2.09. The third-order valence-electron chi connectivity index (χ3n) is 2.53. The smallest absolute Gasteiger partial charge is 0.257 e. The van der Waals surface area contributed by atoms with Gasteiger partial charge in [-0.1, -0.05) is 11.6 Å². The monoisotopic (exact) mass is 367 g/mol. The van der Waals surface area contributed by atoms with E-state index in [1.54, 1.807) is 30.3 Å². The summed E-state index contributed by atoms with van der Waals surface area (Å²) < 4.78 is 0.654. The van der Waals surface area contributed by atoms with Gasteiger partial charge >= 0.3 is 0 Å². The first-order chi connectivity index (χ1) is 9.95. The highest BCUT2D eigenvalue weighted by molar-refractivity contribution is 9.10. The Labute approximate surface area is 134 Å². The number of halogens is 2. The van der Waals surface area contributed by atoms with Gasteiger partial charge in [-0.3, -0.25) is 9.59 Å². The lowest BCUT2D eigenvalue weighted by atomic mass is 10.2. The Morgan fingerprint density at radius 3 is 2.52 bits per heavy atom. The molecule has 0 atom stereocenters. The molecule has 7 heteroatoms. The molecule has 108 valence electrons. The Morgan fingerprint density at radius 2 is 1.95 bits per heavy atom. The fourth-order valence-electron chi connectivity index (χ4n) is 1.60. The Bertz CT molecular complexity index is 689. The maximum Gasteiger partial charge on any atom is 0.257 e. The van der Waals surface area contributed by atoms with Crippen LogP contribution in [0.3, 0.4) is 0 Å². The molecule has 21 heavy (non-hydrogen) atoms. The van der Waals surface area contributed by atoms with Crippen LogP contribution in [0, 0.1) is 0 Å². The fourth-order valence-corrected chi connectivity index (χ4v) is 2.06. The van der Waals surface area contributed by atoms with Crippen LogP contribution in [0.25, 0.3) is 0 Å². The number of anilines is 2. The van der Waals surface area contributed by atoms with Crippen LogP contribution in [0.1, 0.15) is 17.3 Å².